The van der Waals surface area contributed by atoms with Gasteiger partial charge in [0, 0.05) is 19.1 Å². The van der Waals surface area contributed by atoms with E-state index in [1.165, 1.54) is 6.42 Å². The third-order valence-corrected chi connectivity index (χ3v) is 4.20. The molecule has 1 aromatic rings. The fourth-order valence-electron chi connectivity index (χ4n) is 2.96. The van der Waals surface area contributed by atoms with Crippen LogP contribution in [0.4, 0.5) is 0 Å². The van der Waals surface area contributed by atoms with Gasteiger partial charge >= 0.3 is 0 Å². The zero-order chi connectivity index (χ0) is 12.4. The molecular weight excluding hydrogens is 230 g/mol. The van der Waals surface area contributed by atoms with Crippen LogP contribution in [-0.4, -0.2) is 23.4 Å². The summed E-state index contributed by atoms with van der Waals surface area (Å²) in [5.41, 5.74) is 6.02. The van der Waals surface area contributed by atoms with Crippen LogP contribution in [0, 0.1) is 0 Å². The molecule has 2 aliphatic rings. The highest BCUT2D eigenvalue weighted by Gasteiger charge is 2.36. The van der Waals surface area contributed by atoms with Gasteiger partial charge in [-0.25, -0.2) is 0 Å². The molecule has 0 atom stereocenters. The standard InChI is InChI=1S/C13H21N3O2/c14-13(6-2-1-3-7-13)12-15-11(16-18-12)10-4-8-17-9-5-10/h10H,1-9,14H2. The van der Waals surface area contributed by atoms with E-state index in [0.717, 1.165) is 57.6 Å². The maximum atomic E-state index is 6.40. The summed E-state index contributed by atoms with van der Waals surface area (Å²) < 4.78 is 10.8. The van der Waals surface area contributed by atoms with Crippen molar-refractivity contribution in [3.63, 3.8) is 0 Å². The first-order valence-electron chi connectivity index (χ1n) is 6.99. The zero-order valence-electron chi connectivity index (χ0n) is 10.7. The van der Waals surface area contributed by atoms with Gasteiger partial charge in [-0.3, -0.25) is 0 Å². The van der Waals surface area contributed by atoms with Crippen LogP contribution in [0.1, 0.15) is 62.6 Å². The maximum Gasteiger partial charge on any atom is 0.246 e. The molecule has 3 rings (SSSR count). The molecule has 0 bridgehead atoms. The van der Waals surface area contributed by atoms with E-state index < -0.39 is 0 Å². The van der Waals surface area contributed by atoms with Gasteiger partial charge in [-0.15, -0.1) is 0 Å². The summed E-state index contributed by atoms with van der Waals surface area (Å²) in [4.78, 5) is 4.57. The van der Waals surface area contributed by atoms with E-state index in [1.807, 2.05) is 0 Å². The average molecular weight is 251 g/mol. The van der Waals surface area contributed by atoms with Crippen LogP contribution in [0.5, 0.6) is 0 Å². The van der Waals surface area contributed by atoms with Crippen molar-refractivity contribution >= 4 is 0 Å². The zero-order valence-corrected chi connectivity index (χ0v) is 10.7. The van der Waals surface area contributed by atoms with Crippen molar-refractivity contribution in [1.29, 1.82) is 0 Å². The minimum absolute atomic E-state index is 0.378. The normalized spacial score (nSPS) is 25.2. The molecule has 0 aromatic carbocycles. The van der Waals surface area contributed by atoms with Crippen LogP contribution in [0.2, 0.25) is 0 Å². The van der Waals surface area contributed by atoms with E-state index in [9.17, 15) is 0 Å². The first-order valence-corrected chi connectivity index (χ1v) is 6.99. The molecule has 18 heavy (non-hydrogen) atoms. The SMILES string of the molecule is NC1(c2nc(C3CCOCC3)no2)CCCCC1. The summed E-state index contributed by atoms with van der Waals surface area (Å²) in [6.45, 7) is 1.59. The molecule has 1 aliphatic heterocycles. The van der Waals surface area contributed by atoms with E-state index in [4.69, 9.17) is 15.0 Å². The Kier molecular flexibility index (Phi) is 3.35. The van der Waals surface area contributed by atoms with Crippen LogP contribution in [0.15, 0.2) is 4.52 Å². The highest BCUT2D eigenvalue weighted by molar-refractivity contribution is 5.06. The molecule has 0 spiro atoms. The monoisotopic (exact) mass is 251 g/mol. The lowest BCUT2D eigenvalue weighted by molar-refractivity contribution is 0.0830. The van der Waals surface area contributed by atoms with E-state index in [-0.39, 0.29) is 5.54 Å². The van der Waals surface area contributed by atoms with Crippen molar-refractivity contribution in [3.05, 3.63) is 11.7 Å². The summed E-state index contributed by atoms with van der Waals surface area (Å²) in [6.07, 6.45) is 7.47. The fraction of sp³-hybridized carbons (Fsp3) is 0.846. The van der Waals surface area contributed by atoms with E-state index in [1.54, 1.807) is 0 Å². The Morgan fingerprint density at radius 2 is 1.83 bits per heavy atom. The van der Waals surface area contributed by atoms with Gasteiger partial charge in [0.1, 0.15) is 0 Å². The second-order valence-electron chi connectivity index (χ2n) is 5.56. The molecule has 1 aliphatic carbocycles. The lowest BCUT2D eigenvalue weighted by Crippen LogP contribution is -2.39. The number of rotatable bonds is 2. The summed E-state index contributed by atoms with van der Waals surface area (Å²) in [6, 6.07) is 0. The molecule has 5 nitrogen and oxygen atoms in total. The van der Waals surface area contributed by atoms with E-state index >= 15 is 0 Å². The Balaban J connectivity index is 1.75. The van der Waals surface area contributed by atoms with Gasteiger partial charge in [0.15, 0.2) is 5.82 Å². The molecule has 100 valence electrons. The van der Waals surface area contributed by atoms with Crippen LogP contribution in [0.25, 0.3) is 0 Å². The number of nitrogens with two attached hydrogens (primary N) is 1. The average Bonchev–Trinajstić information content (AvgIpc) is 2.91. The number of nitrogens with zero attached hydrogens (tertiary/aromatic N) is 2. The van der Waals surface area contributed by atoms with Gasteiger partial charge in [0.05, 0.1) is 5.54 Å². The van der Waals surface area contributed by atoms with Gasteiger partial charge < -0.3 is 15.0 Å². The van der Waals surface area contributed by atoms with Crippen molar-refractivity contribution in [2.75, 3.05) is 13.2 Å². The highest BCUT2D eigenvalue weighted by Crippen LogP contribution is 2.35. The number of aromatic nitrogens is 2. The quantitative estimate of drug-likeness (QED) is 0.871. The molecule has 1 saturated carbocycles. The van der Waals surface area contributed by atoms with Crippen LogP contribution >= 0.6 is 0 Å². The Morgan fingerprint density at radius 1 is 1.11 bits per heavy atom. The molecule has 1 aromatic heterocycles. The van der Waals surface area contributed by atoms with Gasteiger partial charge in [0.25, 0.3) is 0 Å². The van der Waals surface area contributed by atoms with Crippen molar-refractivity contribution in [2.24, 2.45) is 5.73 Å². The third kappa shape index (κ3) is 2.29. The van der Waals surface area contributed by atoms with E-state index in [2.05, 4.69) is 10.1 Å². The first-order chi connectivity index (χ1) is 8.78. The highest BCUT2D eigenvalue weighted by atomic mass is 16.5. The smallest absolute Gasteiger partial charge is 0.246 e. The molecule has 1 saturated heterocycles. The van der Waals surface area contributed by atoms with Crippen LogP contribution in [0.3, 0.4) is 0 Å². The summed E-state index contributed by atoms with van der Waals surface area (Å²) in [7, 11) is 0. The molecule has 0 radical (unpaired) electrons. The van der Waals surface area contributed by atoms with Crippen molar-refractivity contribution in [3.8, 4) is 0 Å². The first kappa shape index (κ1) is 12.1. The molecule has 2 heterocycles. The van der Waals surface area contributed by atoms with Gasteiger partial charge in [-0.05, 0) is 25.7 Å². The maximum absolute atomic E-state index is 6.40. The molecule has 0 amide bonds. The topological polar surface area (TPSA) is 74.2 Å². The molecule has 0 unspecified atom stereocenters. The number of hydrogen-bond acceptors (Lipinski definition) is 5. The minimum atomic E-state index is -0.380. The lowest BCUT2D eigenvalue weighted by atomic mass is 9.82. The molecular formula is C13H21N3O2. The third-order valence-electron chi connectivity index (χ3n) is 4.20. The predicted octanol–water partition coefficient (Wildman–Crippen LogP) is 2.08. The van der Waals surface area contributed by atoms with E-state index in [0.29, 0.717) is 11.8 Å². The van der Waals surface area contributed by atoms with Crippen molar-refractivity contribution < 1.29 is 9.26 Å². The Hall–Kier alpha value is -0.940. The number of hydrogen-bond donors (Lipinski definition) is 1. The summed E-state index contributed by atoms with van der Waals surface area (Å²) in [5.74, 6) is 1.84. The Bertz CT molecular complexity index is 393. The molecule has 2 fully saturated rings. The lowest BCUT2D eigenvalue weighted by Gasteiger charge is -2.29. The van der Waals surface area contributed by atoms with Crippen LogP contribution < -0.4 is 5.73 Å². The van der Waals surface area contributed by atoms with Gasteiger partial charge in [-0.1, -0.05) is 24.4 Å². The summed E-state index contributed by atoms with van der Waals surface area (Å²) in [5, 5.41) is 4.14. The Labute approximate surface area is 107 Å². The second kappa shape index (κ2) is 4.97. The van der Waals surface area contributed by atoms with Crippen molar-refractivity contribution in [1.82, 2.24) is 10.1 Å². The molecule has 2 N–H and O–H groups in total. The molecule has 5 heteroatoms. The predicted molar refractivity (Wildman–Crippen MR) is 66.0 cm³/mol. The second-order valence-corrected chi connectivity index (χ2v) is 5.56. The minimum Gasteiger partial charge on any atom is -0.381 e. The largest absolute Gasteiger partial charge is 0.381 e. The Morgan fingerprint density at radius 3 is 2.56 bits per heavy atom. The van der Waals surface area contributed by atoms with Crippen molar-refractivity contribution in [2.45, 2.75) is 56.4 Å². The van der Waals surface area contributed by atoms with Crippen LogP contribution in [-0.2, 0) is 10.3 Å². The fourth-order valence-corrected chi connectivity index (χ4v) is 2.96. The number of ether oxygens (including phenoxy) is 1. The van der Waals surface area contributed by atoms with Gasteiger partial charge in [-0.2, -0.15) is 4.98 Å². The summed E-state index contributed by atoms with van der Waals surface area (Å²) >= 11 is 0. The van der Waals surface area contributed by atoms with Gasteiger partial charge in [0.2, 0.25) is 5.89 Å².